The summed E-state index contributed by atoms with van der Waals surface area (Å²) < 4.78 is 10.2. The Morgan fingerprint density at radius 1 is 1.17 bits per heavy atom. The summed E-state index contributed by atoms with van der Waals surface area (Å²) in [5.74, 6) is 2.95. The summed E-state index contributed by atoms with van der Waals surface area (Å²) in [5, 5.41) is 0. The Bertz CT molecular complexity index is 973. The van der Waals surface area contributed by atoms with Crippen LogP contribution in [0.25, 0.3) is 0 Å². The molecule has 1 unspecified atom stereocenters. The Kier molecular flexibility index (Phi) is 4.87. The van der Waals surface area contributed by atoms with E-state index in [1.54, 1.807) is 7.11 Å². The molecule has 2 fully saturated rings. The van der Waals surface area contributed by atoms with E-state index in [0.29, 0.717) is 12.0 Å². The third-order valence-corrected chi connectivity index (χ3v) is 6.23. The predicted octanol–water partition coefficient (Wildman–Crippen LogP) is 3.77. The van der Waals surface area contributed by atoms with Gasteiger partial charge in [-0.1, -0.05) is 6.07 Å². The van der Waals surface area contributed by atoms with Crippen molar-refractivity contribution in [2.24, 2.45) is 0 Å². The predicted molar refractivity (Wildman–Crippen MR) is 112 cm³/mol. The van der Waals surface area contributed by atoms with Gasteiger partial charge in [0.15, 0.2) is 0 Å². The number of imidazole rings is 2. The average Bonchev–Trinajstić information content (AvgIpc) is 3.08. The fourth-order valence-corrected chi connectivity index (χ4v) is 4.64. The van der Waals surface area contributed by atoms with Gasteiger partial charge in [-0.15, -0.1) is 0 Å². The molecule has 1 aliphatic heterocycles. The van der Waals surface area contributed by atoms with Gasteiger partial charge in [-0.05, 0) is 43.9 Å². The second-order valence-corrected chi connectivity index (χ2v) is 8.46. The quantitative estimate of drug-likeness (QED) is 0.615. The summed E-state index contributed by atoms with van der Waals surface area (Å²) >= 11 is 0. The van der Waals surface area contributed by atoms with Gasteiger partial charge in [0.05, 0.1) is 20.0 Å². The molecule has 3 heterocycles. The molecule has 1 saturated heterocycles. The lowest BCUT2D eigenvalue weighted by molar-refractivity contribution is 0.314. The summed E-state index contributed by atoms with van der Waals surface area (Å²) in [6.07, 6.45) is 11.5. The first-order valence-electron chi connectivity index (χ1n) is 10.6. The van der Waals surface area contributed by atoms with Crippen LogP contribution in [-0.2, 0) is 13.1 Å². The second kappa shape index (κ2) is 7.67. The number of hydrogen-bond donors (Lipinski definition) is 0. The molecule has 2 aromatic heterocycles. The zero-order valence-electron chi connectivity index (χ0n) is 17.3. The van der Waals surface area contributed by atoms with E-state index in [1.807, 2.05) is 18.7 Å². The molecule has 1 atom stereocenters. The Balaban J connectivity index is 1.29. The lowest BCUT2D eigenvalue weighted by atomic mass is 10.1. The minimum atomic E-state index is 0.553. The van der Waals surface area contributed by atoms with Crippen LogP contribution in [0.2, 0.25) is 0 Å². The Morgan fingerprint density at radius 2 is 2.07 bits per heavy atom. The standard InChI is InChI=1S/C23H29N5O/c1-17-12-25-23(19-4-5-19)28(17)21-7-9-26(15-21)13-18-3-6-22(29-2)20(11-18)14-27-10-8-24-16-27/h3,6,8,10-12,16,19,21H,4-5,7,9,13-15H2,1-2H3. The molecule has 1 aromatic carbocycles. The highest BCUT2D eigenvalue weighted by atomic mass is 16.5. The van der Waals surface area contributed by atoms with Gasteiger partial charge in [-0.2, -0.15) is 0 Å². The summed E-state index contributed by atoms with van der Waals surface area (Å²) in [6.45, 7) is 6.19. The van der Waals surface area contributed by atoms with E-state index in [4.69, 9.17) is 9.72 Å². The lowest BCUT2D eigenvalue weighted by Crippen LogP contribution is -2.22. The maximum Gasteiger partial charge on any atom is 0.123 e. The summed E-state index contributed by atoms with van der Waals surface area (Å²) in [6, 6.07) is 7.13. The van der Waals surface area contributed by atoms with E-state index >= 15 is 0 Å². The minimum Gasteiger partial charge on any atom is -0.496 e. The van der Waals surface area contributed by atoms with Gasteiger partial charge in [0.2, 0.25) is 0 Å². The van der Waals surface area contributed by atoms with Crippen LogP contribution in [0, 0.1) is 6.92 Å². The Labute approximate surface area is 172 Å². The van der Waals surface area contributed by atoms with Crippen molar-refractivity contribution in [3.63, 3.8) is 0 Å². The highest BCUT2D eigenvalue weighted by Gasteiger charge is 2.33. The number of likely N-dealkylation sites (tertiary alicyclic amines) is 1. The third kappa shape index (κ3) is 3.81. The molecule has 0 bridgehead atoms. The van der Waals surface area contributed by atoms with Crippen molar-refractivity contribution in [2.45, 2.75) is 51.2 Å². The van der Waals surface area contributed by atoms with Gasteiger partial charge < -0.3 is 13.9 Å². The summed E-state index contributed by atoms with van der Waals surface area (Å²) in [4.78, 5) is 11.4. The fraction of sp³-hybridized carbons (Fsp3) is 0.478. The number of benzene rings is 1. The topological polar surface area (TPSA) is 48.1 Å². The van der Waals surface area contributed by atoms with E-state index in [1.165, 1.54) is 41.9 Å². The van der Waals surface area contributed by atoms with Crippen molar-refractivity contribution >= 4 is 0 Å². The lowest BCUT2D eigenvalue weighted by Gasteiger charge is -2.20. The van der Waals surface area contributed by atoms with Crippen molar-refractivity contribution in [3.05, 3.63) is 65.8 Å². The Morgan fingerprint density at radius 3 is 2.83 bits per heavy atom. The van der Waals surface area contributed by atoms with Gasteiger partial charge in [0.1, 0.15) is 11.6 Å². The zero-order valence-corrected chi connectivity index (χ0v) is 17.3. The molecule has 1 saturated carbocycles. The molecule has 152 valence electrons. The van der Waals surface area contributed by atoms with Crippen molar-refractivity contribution in [1.29, 1.82) is 0 Å². The molecule has 0 radical (unpaired) electrons. The number of ether oxygens (including phenoxy) is 1. The van der Waals surface area contributed by atoms with Crippen LogP contribution in [0.3, 0.4) is 0 Å². The van der Waals surface area contributed by atoms with E-state index in [-0.39, 0.29) is 0 Å². The number of methoxy groups -OCH3 is 1. The van der Waals surface area contributed by atoms with Crippen molar-refractivity contribution in [3.8, 4) is 5.75 Å². The van der Waals surface area contributed by atoms with Crippen LogP contribution in [0.1, 0.15) is 53.9 Å². The van der Waals surface area contributed by atoms with Crippen molar-refractivity contribution in [2.75, 3.05) is 20.2 Å². The molecule has 0 N–H and O–H groups in total. The van der Waals surface area contributed by atoms with Crippen LogP contribution < -0.4 is 4.74 Å². The molecule has 5 rings (SSSR count). The molecule has 3 aromatic rings. The maximum atomic E-state index is 5.58. The number of aryl methyl sites for hydroxylation is 1. The van der Waals surface area contributed by atoms with E-state index in [2.05, 4.69) is 50.3 Å². The molecule has 0 spiro atoms. The Hall–Kier alpha value is -2.60. The van der Waals surface area contributed by atoms with Crippen molar-refractivity contribution in [1.82, 2.24) is 24.0 Å². The molecule has 6 heteroatoms. The van der Waals surface area contributed by atoms with Crippen LogP contribution in [0.15, 0.2) is 43.1 Å². The number of nitrogens with zero attached hydrogens (tertiary/aromatic N) is 5. The monoisotopic (exact) mass is 391 g/mol. The van der Waals surface area contributed by atoms with Gasteiger partial charge in [0, 0.05) is 61.4 Å². The number of rotatable bonds is 7. The molecule has 1 aliphatic carbocycles. The van der Waals surface area contributed by atoms with Crippen LogP contribution in [0.4, 0.5) is 0 Å². The summed E-state index contributed by atoms with van der Waals surface area (Å²) in [5.41, 5.74) is 3.84. The number of aromatic nitrogens is 4. The van der Waals surface area contributed by atoms with E-state index < -0.39 is 0 Å². The van der Waals surface area contributed by atoms with Crippen LogP contribution >= 0.6 is 0 Å². The first kappa shape index (κ1) is 18.4. The SMILES string of the molecule is COc1ccc(CN2CCC(n3c(C)cnc3C3CC3)C2)cc1Cn1ccnc1. The van der Waals surface area contributed by atoms with Crippen molar-refractivity contribution < 1.29 is 4.74 Å². The highest BCUT2D eigenvalue weighted by Crippen LogP contribution is 2.41. The van der Waals surface area contributed by atoms with Gasteiger partial charge in [0.25, 0.3) is 0 Å². The molecule has 0 amide bonds. The van der Waals surface area contributed by atoms with E-state index in [0.717, 1.165) is 31.9 Å². The first-order valence-corrected chi connectivity index (χ1v) is 10.6. The summed E-state index contributed by atoms with van der Waals surface area (Å²) in [7, 11) is 1.74. The number of hydrogen-bond acceptors (Lipinski definition) is 4. The zero-order chi connectivity index (χ0) is 19.8. The third-order valence-electron chi connectivity index (χ3n) is 6.23. The highest BCUT2D eigenvalue weighted by molar-refractivity contribution is 5.37. The smallest absolute Gasteiger partial charge is 0.123 e. The van der Waals surface area contributed by atoms with E-state index in [9.17, 15) is 0 Å². The minimum absolute atomic E-state index is 0.553. The molecule has 29 heavy (non-hydrogen) atoms. The fourth-order valence-electron chi connectivity index (χ4n) is 4.64. The largest absolute Gasteiger partial charge is 0.496 e. The first-order chi connectivity index (χ1) is 14.2. The van der Waals surface area contributed by atoms with Gasteiger partial charge >= 0.3 is 0 Å². The molecule has 6 nitrogen and oxygen atoms in total. The normalized spacial score (nSPS) is 19.7. The maximum absolute atomic E-state index is 5.58. The van der Waals surface area contributed by atoms with Crippen LogP contribution in [-0.4, -0.2) is 44.2 Å². The second-order valence-electron chi connectivity index (χ2n) is 8.46. The molecule has 2 aliphatic rings. The van der Waals surface area contributed by atoms with Gasteiger partial charge in [-0.25, -0.2) is 9.97 Å². The van der Waals surface area contributed by atoms with Crippen LogP contribution in [0.5, 0.6) is 5.75 Å². The molecular weight excluding hydrogens is 362 g/mol. The molecular formula is C23H29N5O. The van der Waals surface area contributed by atoms with Gasteiger partial charge in [-0.3, -0.25) is 4.90 Å². The average molecular weight is 392 g/mol.